The zero-order valence-electron chi connectivity index (χ0n) is 11.5. The van der Waals surface area contributed by atoms with Gasteiger partial charge in [-0.2, -0.15) is 4.98 Å². The summed E-state index contributed by atoms with van der Waals surface area (Å²) in [4.78, 5) is 29.7. The average Bonchev–Trinajstić information content (AvgIpc) is 3.00. The minimum atomic E-state index is -0.576. The van der Waals surface area contributed by atoms with Crippen LogP contribution in [0.4, 0.5) is 5.69 Å². The van der Waals surface area contributed by atoms with Crippen LogP contribution < -0.4 is 4.90 Å². The molecule has 1 aromatic heterocycles. The first kappa shape index (κ1) is 13.9. The van der Waals surface area contributed by atoms with Crippen LogP contribution in [0.2, 0.25) is 0 Å². The maximum absolute atomic E-state index is 12.1. The average molecular weight is 350 g/mol. The Bertz CT molecular complexity index is 739. The van der Waals surface area contributed by atoms with Gasteiger partial charge in [0.15, 0.2) is 5.82 Å². The van der Waals surface area contributed by atoms with Crippen molar-refractivity contribution in [2.45, 2.75) is 26.3 Å². The molecule has 0 unspecified atom stereocenters. The van der Waals surface area contributed by atoms with Gasteiger partial charge in [0.1, 0.15) is 0 Å². The Hall–Kier alpha value is -2.02. The molecule has 0 aliphatic carbocycles. The van der Waals surface area contributed by atoms with Gasteiger partial charge in [-0.15, -0.1) is 0 Å². The number of rotatable bonds is 3. The summed E-state index contributed by atoms with van der Waals surface area (Å²) >= 11 is 3.37. The Labute approximate surface area is 129 Å². The standard InChI is InChI=1S/C14H12BrN3O3/c1-7(2)13-16-10(17-21-13)6-18-11-8(12(19)14(18)20)4-3-5-9(11)15/h3-5,7H,6H2,1-2H3. The highest BCUT2D eigenvalue weighted by Crippen LogP contribution is 2.36. The summed E-state index contributed by atoms with van der Waals surface area (Å²) in [5.74, 6) is -0.0911. The fourth-order valence-corrected chi connectivity index (χ4v) is 2.75. The summed E-state index contributed by atoms with van der Waals surface area (Å²) in [6, 6.07) is 5.15. The van der Waals surface area contributed by atoms with Crippen LogP contribution in [0.3, 0.4) is 0 Å². The summed E-state index contributed by atoms with van der Waals surface area (Å²) in [7, 11) is 0. The van der Waals surface area contributed by atoms with Gasteiger partial charge in [0.2, 0.25) is 5.89 Å². The fourth-order valence-electron chi connectivity index (χ4n) is 2.17. The van der Waals surface area contributed by atoms with Crippen LogP contribution in [0, 0.1) is 0 Å². The third-order valence-corrected chi connectivity index (χ3v) is 3.86. The number of hydrogen-bond donors (Lipinski definition) is 0. The molecule has 0 fully saturated rings. The van der Waals surface area contributed by atoms with Crippen molar-refractivity contribution < 1.29 is 14.1 Å². The Kier molecular flexibility index (Phi) is 3.36. The van der Waals surface area contributed by atoms with Gasteiger partial charge < -0.3 is 4.52 Å². The first-order valence-corrected chi connectivity index (χ1v) is 7.25. The van der Waals surface area contributed by atoms with E-state index >= 15 is 0 Å². The molecule has 1 aliphatic heterocycles. The molecule has 0 N–H and O–H groups in total. The molecule has 1 aromatic carbocycles. The van der Waals surface area contributed by atoms with E-state index in [9.17, 15) is 9.59 Å². The lowest BCUT2D eigenvalue weighted by atomic mass is 10.1. The Morgan fingerprint density at radius 3 is 2.76 bits per heavy atom. The van der Waals surface area contributed by atoms with Crippen molar-refractivity contribution in [3.63, 3.8) is 0 Å². The van der Waals surface area contributed by atoms with E-state index in [1.807, 2.05) is 13.8 Å². The smallest absolute Gasteiger partial charge is 0.299 e. The molecular formula is C14H12BrN3O3. The lowest BCUT2D eigenvalue weighted by Gasteiger charge is -2.15. The van der Waals surface area contributed by atoms with Gasteiger partial charge in [0, 0.05) is 10.4 Å². The largest absolute Gasteiger partial charge is 0.339 e. The monoisotopic (exact) mass is 349 g/mol. The number of amides is 1. The molecule has 0 atom stereocenters. The highest BCUT2D eigenvalue weighted by molar-refractivity contribution is 9.10. The summed E-state index contributed by atoms with van der Waals surface area (Å²) in [5.41, 5.74) is 0.949. The SMILES string of the molecule is CC(C)c1nc(CN2C(=O)C(=O)c3cccc(Br)c32)no1. The second-order valence-corrected chi connectivity index (χ2v) is 5.91. The number of Topliss-reactive ketones (excluding diaryl/α,β-unsaturated/α-hetero) is 1. The van der Waals surface area contributed by atoms with E-state index in [1.165, 1.54) is 4.90 Å². The number of carbonyl (C=O) groups excluding carboxylic acids is 2. The first-order chi connectivity index (χ1) is 9.99. The Morgan fingerprint density at radius 2 is 2.10 bits per heavy atom. The van der Waals surface area contributed by atoms with Crippen molar-refractivity contribution in [3.8, 4) is 0 Å². The highest BCUT2D eigenvalue weighted by Gasteiger charge is 2.37. The Morgan fingerprint density at radius 1 is 1.33 bits per heavy atom. The van der Waals surface area contributed by atoms with Crippen LogP contribution >= 0.6 is 15.9 Å². The molecule has 2 aromatic rings. The molecule has 1 aliphatic rings. The molecule has 1 amide bonds. The van der Waals surface area contributed by atoms with Crippen molar-refractivity contribution in [2.24, 2.45) is 0 Å². The molecule has 6 nitrogen and oxygen atoms in total. The van der Waals surface area contributed by atoms with Crippen molar-refractivity contribution in [2.75, 3.05) is 4.90 Å². The molecule has 0 saturated heterocycles. The molecule has 108 valence electrons. The summed E-state index contributed by atoms with van der Waals surface area (Å²) < 4.78 is 5.81. The lowest BCUT2D eigenvalue weighted by molar-refractivity contribution is -0.114. The van der Waals surface area contributed by atoms with E-state index in [-0.39, 0.29) is 12.5 Å². The predicted octanol–water partition coefficient (Wildman–Crippen LogP) is 2.69. The third kappa shape index (κ3) is 2.27. The van der Waals surface area contributed by atoms with Gasteiger partial charge in [-0.05, 0) is 28.1 Å². The van der Waals surface area contributed by atoms with Gasteiger partial charge in [-0.3, -0.25) is 14.5 Å². The number of aromatic nitrogens is 2. The van der Waals surface area contributed by atoms with Gasteiger partial charge in [0.05, 0.1) is 17.8 Å². The van der Waals surface area contributed by atoms with Crippen LogP contribution in [0.5, 0.6) is 0 Å². The predicted molar refractivity (Wildman–Crippen MR) is 78.0 cm³/mol. The van der Waals surface area contributed by atoms with E-state index in [4.69, 9.17) is 4.52 Å². The zero-order valence-corrected chi connectivity index (χ0v) is 13.0. The molecular weight excluding hydrogens is 338 g/mol. The summed E-state index contributed by atoms with van der Waals surface area (Å²) in [6.07, 6.45) is 0. The molecule has 0 bridgehead atoms. The minimum absolute atomic E-state index is 0.108. The van der Waals surface area contributed by atoms with Crippen molar-refractivity contribution in [1.29, 1.82) is 0 Å². The molecule has 7 heteroatoms. The van der Waals surface area contributed by atoms with E-state index in [1.54, 1.807) is 18.2 Å². The maximum Gasteiger partial charge on any atom is 0.299 e. The van der Waals surface area contributed by atoms with Gasteiger partial charge in [0.25, 0.3) is 11.7 Å². The first-order valence-electron chi connectivity index (χ1n) is 6.46. The van der Waals surface area contributed by atoms with Crippen LogP contribution in [-0.2, 0) is 11.3 Å². The molecule has 0 spiro atoms. The molecule has 3 rings (SSSR count). The maximum atomic E-state index is 12.1. The van der Waals surface area contributed by atoms with E-state index in [0.29, 0.717) is 27.4 Å². The lowest BCUT2D eigenvalue weighted by Crippen LogP contribution is -2.29. The molecule has 0 radical (unpaired) electrons. The fraction of sp³-hybridized carbons (Fsp3) is 0.286. The number of para-hydroxylation sites is 1. The van der Waals surface area contributed by atoms with Gasteiger partial charge in [-0.25, -0.2) is 0 Å². The molecule has 2 heterocycles. The number of ketones is 1. The topological polar surface area (TPSA) is 76.3 Å². The number of hydrogen-bond acceptors (Lipinski definition) is 5. The molecule has 0 saturated carbocycles. The number of nitrogens with zero attached hydrogens (tertiary/aromatic N) is 3. The second-order valence-electron chi connectivity index (χ2n) is 5.06. The number of benzene rings is 1. The van der Waals surface area contributed by atoms with E-state index in [0.717, 1.165) is 0 Å². The summed E-state index contributed by atoms with van der Waals surface area (Å²) in [6.45, 7) is 3.98. The van der Waals surface area contributed by atoms with Gasteiger partial charge >= 0.3 is 0 Å². The van der Waals surface area contributed by atoms with Crippen molar-refractivity contribution in [3.05, 3.63) is 40.0 Å². The Balaban J connectivity index is 1.96. The van der Waals surface area contributed by atoms with Crippen LogP contribution in [-0.4, -0.2) is 21.8 Å². The van der Waals surface area contributed by atoms with E-state index < -0.39 is 11.7 Å². The number of halogens is 1. The highest BCUT2D eigenvalue weighted by atomic mass is 79.9. The quantitative estimate of drug-likeness (QED) is 0.796. The minimum Gasteiger partial charge on any atom is -0.339 e. The number of anilines is 1. The normalized spacial score (nSPS) is 14.2. The number of fused-ring (bicyclic) bond motifs is 1. The third-order valence-electron chi connectivity index (χ3n) is 3.22. The molecule has 21 heavy (non-hydrogen) atoms. The second kappa shape index (κ2) is 5.07. The van der Waals surface area contributed by atoms with Gasteiger partial charge in [-0.1, -0.05) is 25.1 Å². The van der Waals surface area contributed by atoms with Crippen LogP contribution in [0.15, 0.2) is 27.2 Å². The van der Waals surface area contributed by atoms with E-state index in [2.05, 4.69) is 26.1 Å². The number of carbonyl (C=O) groups is 2. The van der Waals surface area contributed by atoms with Crippen molar-refractivity contribution >= 4 is 33.3 Å². The van der Waals surface area contributed by atoms with Crippen LogP contribution in [0.25, 0.3) is 0 Å². The van der Waals surface area contributed by atoms with Crippen molar-refractivity contribution in [1.82, 2.24) is 10.1 Å². The zero-order chi connectivity index (χ0) is 15.1. The van der Waals surface area contributed by atoms with Crippen LogP contribution in [0.1, 0.15) is 41.8 Å². The summed E-state index contributed by atoms with van der Waals surface area (Å²) in [5, 5.41) is 3.86.